The number of allylic oxidation sites excluding steroid dienone is 8. The standard InChI is InChI=1S/C36H56O5S/c1-11-15-18-30(22-26(5)13-3)25-33(38-9)32(14-4)40-20-17-21-41-36-29(8)27(6)23-35(31(37)19-16-12-2)42-28(7)24-34(36)39-10/h14,22-27H,7,11-13,15-21H2,1-6,8-10H3/b30-22+,32-14-,33-25+,34-24+,35-23-,36-29+. The van der Waals surface area contributed by atoms with E-state index in [0.717, 1.165) is 65.4 Å². The summed E-state index contributed by atoms with van der Waals surface area (Å²) in [7, 11) is 3.33. The van der Waals surface area contributed by atoms with Gasteiger partial charge in [-0.15, -0.1) is 0 Å². The second kappa shape index (κ2) is 21.1. The molecule has 0 spiro atoms. The molecule has 0 aromatic heterocycles. The lowest BCUT2D eigenvalue weighted by atomic mass is 9.99. The van der Waals surface area contributed by atoms with E-state index in [2.05, 4.69) is 53.3 Å². The van der Waals surface area contributed by atoms with Crippen molar-refractivity contribution in [3.8, 4) is 0 Å². The van der Waals surface area contributed by atoms with Gasteiger partial charge in [0.15, 0.2) is 28.8 Å². The maximum atomic E-state index is 12.9. The minimum Gasteiger partial charge on any atom is -0.493 e. The van der Waals surface area contributed by atoms with Crippen molar-refractivity contribution in [2.45, 2.75) is 99.8 Å². The lowest BCUT2D eigenvalue weighted by Gasteiger charge is -2.19. The Hall–Kier alpha value is -2.60. The summed E-state index contributed by atoms with van der Waals surface area (Å²) in [6.07, 6.45) is 17.8. The molecule has 1 aliphatic rings. The largest absolute Gasteiger partial charge is 0.493 e. The highest BCUT2D eigenvalue weighted by Crippen LogP contribution is 2.35. The number of Topliss-reactive ketones (excluding diaryl/α,β-unsaturated/α-hetero) is 1. The van der Waals surface area contributed by atoms with Crippen LogP contribution in [0.15, 0.2) is 81.0 Å². The van der Waals surface area contributed by atoms with E-state index in [1.54, 1.807) is 14.2 Å². The van der Waals surface area contributed by atoms with Gasteiger partial charge in [0.2, 0.25) is 0 Å². The second-order valence-electron chi connectivity index (χ2n) is 10.8. The predicted molar refractivity (Wildman–Crippen MR) is 179 cm³/mol. The van der Waals surface area contributed by atoms with E-state index in [9.17, 15) is 4.79 Å². The molecular weight excluding hydrogens is 544 g/mol. The third-order valence-corrected chi connectivity index (χ3v) is 8.21. The maximum Gasteiger partial charge on any atom is 0.169 e. The van der Waals surface area contributed by atoms with Gasteiger partial charge < -0.3 is 18.9 Å². The van der Waals surface area contributed by atoms with Crippen molar-refractivity contribution in [1.29, 1.82) is 0 Å². The maximum absolute atomic E-state index is 12.9. The average Bonchev–Trinajstić information content (AvgIpc) is 3.02. The van der Waals surface area contributed by atoms with Crippen LogP contribution in [0.4, 0.5) is 0 Å². The number of ketones is 1. The molecule has 2 unspecified atom stereocenters. The van der Waals surface area contributed by atoms with E-state index in [4.69, 9.17) is 18.9 Å². The number of rotatable bonds is 19. The van der Waals surface area contributed by atoms with Crippen molar-refractivity contribution in [2.24, 2.45) is 11.8 Å². The quantitative estimate of drug-likeness (QED) is 0.0835. The van der Waals surface area contributed by atoms with Crippen molar-refractivity contribution in [3.05, 3.63) is 81.0 Å². The predicted octanol–water partition coefficient (Wildman–Crippen LogP) is 10.4. The van der Waals surface area contributed by atoms with Gasteiger partial charge >= 0.3 is 0 Å². The van der Waals surface area contributed by atoms with Crippen LogP contribution >= 0.6 is 11.8 Å². The highest BCUT2D eigenvalue weighted by Gasteiger charge is 2.21. The molecule has 0 bridgehead atoms. The number of hydrogen-bond donors (Lipinski definition) is 0. The Bertz CT molecular complexity index is 1060. The van der Waals surface area contributed by atoms with Crippen LogP contribution in [0.3, 0.4) is 0 Å². The molecule has 0 saturated carbocycles. The van der Waals surface area contributed by atoms with Crippen molar-refractivity contribution in [1.82, 2.24) is 0 Å². The summed E-state index contributed by atoms with van der Waals surface area (Å²) in [6.45, 7) is 19.9. The monoisotopic (exact) mass is 600 g/mol. The second-order valence-corrected chi connectivity index (χ2v) is 12.0. The van der Waals surface area contributed by atoms with E-state index in [0.29, 0.717) is 43.5 Å². The normalized spacial score (nSPS) is 22.2. The summed E-state index contributed by atoms with van der Waals surface area (Å²) < 4.78 is 23.9. The summed E-state index contributed by atoms with van der Waals surface area (Å²) in [5.41, 5.74) is 2.29. The van der Waals surface area contributed by atoms with Crippen LogP contribution in [0.25, 0.3) is 0 Å². The van der Waals surface area contributed by atoms with Gasteiger partial charge in [0.1, 0.15) is 0 Å². The smallest absolute Gasteiger partial charge is 0.169 e. The minimum atomic E-state index is 0.00295. The molecule has 0 aromatic carbocycles. The summed E-state index contributed by atoms with van der Waals surface area (Å²) in [5, 5.41) is 0. The molecule has 2 atom stereocenters. The topological polar surface area (TPSA) is 54.0 Å². The number of carbonyl (C=O) groups excluding carboxylic acids is 1. The molecule has 0 fully saturated rings. The SMILES string of the molecule is C=C1/C=C(OC)\C(OCCCOC(=C\C)/C(=C\C(=C\C(C)CC)CCCC)OC)=C(\C)C(C)/C=C(/C(=O)CCCC)S1. The number of ether oxygens (including phenoxy) is 4. The molecular formula is C36H56O5S. The van der Waals surface area contributed by atoms with Gasteiger partial charge in [-0.25, -0.2) is 0 Å². The van der Waals surface area contributed by atoms with Crippen molar-refractivity contribution in [3.63, 3.8) is 0 Å². The number of methoxy groups -OCH3 is 2. The van der Waals surface area contributed by atoms with E-state index < -0.39 is 0 Å². The summed E-state index contributed by atoms with van der Waals surface area (Å²) in [5.74, 6) is 3.44. The Labute approximate surface area is 260 Å². The first-order chi connectivity index (χ1) is 20.1. The summed E-state index contributed by atoms with van der Waals surface area (Å²) >= 11 is 1.41. The zero-order valence-electron chi connectivity index (χ0n) is 27.8. The first-order valence-corrected chi connectivity index (χ1v) is 16.4. The number of carbonyl (C=O) groups is 1. The summed E-state index contributed by atoms with van der Waals surface area (Å²) in [4.78, 5) is 14.3. The molecule has 5 nitrogen and oxygen atoms in total. The molecule has 0 saturated heterocycles. The Morgan fingerprint density at radius 1 is 1.07 bits per heavy atom. The van der Waals surface area contributed by atoms with Crippen LogP contribution in [-0.2, 0) is 23.7 Å². The first kappa shape index (κ1) is 37.4. The molecule has 1 aliphatic heterocycles. The number of unbranched alkanes of at least 4 members (excludes halogenated alkanes) is 2. The molecule has 0 radical (unpaired) electrons. The van der Waals surface area contributed by atoms with Crippen LogP contribution in [-0.4, -0.2) is 33.2 Å². The first-order valence-electron chi connectivity index (χ1n) is 15.6. The van der Waals surface area contributed by atoms with Crippen LogP contribution < -0.4 is 0 Å². The van der Waals surface area contributed by atoms with E-state index >= 15 is 0 Å². The third-order valence-electron chi connectivity index (χ3n) is 7.25. The molecule has 42 heavy (non-hydrogen) atoms. The Morgan fingerprint density at radius 3 is 2.36 bits per heavy atom. The molecule has 6 heteroatoms. The summed E-state index contributed by atoms with van der Waals surface area (Å²) in [6, 6.07) is 0. The van der Waals surface area contributed by atoms with Crippen molar-refractivity contribution < 1.29 is 23.7 Å². The minimum absolute atomic E-state index is 0.00295. The lowest BCUT2D eigenvalue weighted by Crippen LogP contribution is -2.09. The Morgan fingerprint density at radius 2 is 1.76 bits per heavy atom. The molecule has 236 valence electrons. The van der Waals surface area contributed by atoms with Gasteiger partial charge in [-0.05, 0) is 68.4 Å². The van der Waals surface area contributed by atoms with Crippen molar-refractivity contribution >= 4 is 17.5 Å². The molecule has 1 rings (SSSR count). The Kier molecular flexibility index (Phi) is 18.8. The fourth-order valence-electron chi connectivity index (χ4n) is 4.30. The van der Waals surface area contributed by atoms with Crippen LogP contribution in [0.1, 0.15) is 99.8 Å². The van der Waals surface area contributed by atoms with E-state index in [1.165, 1.54) is 17.3 Å². The van der Waals surface area contributed by atoms with Gasteiger partial charge in [-0.3, -0.25) is 4.79 Å². The van der Waals surface area contributed by atoms with Crippen LogP contribution in [0, 0.1) is 11.8 Å². The fraction of sp³-hybridized carbons (Fsp3) is 0.583. The molecule has 1 heterocycles. The van der Waals surface area contributed by atoms with Gasteiger partial charge in [0.05, 0.1) is 32.3 Å². The van der Waals surface area contributed by atoms with E-state index in [-0.39, 0.29) is 11.7 Å². The van der Waals surface area contributed by atoms with Gasteiger partial charge in [-0.1, -0.05) is 84.4 Å². The highest BCUT2D eigenvalue weighted by atomic mass is 32.2. The highest BCUT2D eigenvalue weighted by molar-refractivity contribution is 8.07. The molecule has 0 N–H and O–H groups in total. The molecule has 0 aromatic rings. The number of hydrogen-bond acceptors (Lipinski definition) is 6. The van der Waals surface area contributed by atoms with E-state index in [1.807, 2.05) is 32.1 Å². The number of thioether (sulfide) groups is 1. The van der Waals surface area contributed by atoms with Crippen LogP contribution in [0.5, 0.6) is 0 Å². The molecule has 0 amide bonds. The van der Waals surface area contributed by atoms with Gasteiger partial charge in [0, 0.05) is 23.7 Å². The van der Waals surface area contributed by atoms with Crippen LogP contribution in [0.2, 0.25) is 0 Å². The zero-order chi connectivity index (χ0) is 31.5. The Balaban J connectivity index is 3.00. The average molecular weight is 601 g/mol. The third kappa shape index (κ3) is 13.1. The van der Waals surface area contributed by atoms with Gasteiger partial charge in [-0.2, -0.15) is 0 Å². The van der Waals surface area contributed by atoms with Gasteiger partial charge in [0.25, 0.3) is 0 Å². The lowest BCUT2D eigenvalue weighted by molar-refractivity contribution is -0.115. The zero-order valence-corrected chi connectivity index (χ0v) is 28.6. The fourth-order valence-corrected chi connectivity index (χ4v) is 5.23. The molecule has 0 aliphatic carbocycles. The van der Waals surface area contributed by atoms with Crippen molar-refractivity contribution in [2.75, 3.05) is 27.4 Å².